The molecule has 0 amide bonds. The molecule has 0 aliphatic heterocycles. The highest BCUT2D eigenvalue weighted by Gasteiger charge is 2.13. The summed E-state index contributed by atoms with van der Waals surface area (Å²) >= 11 is 3.49. The molecule has 0 aliphatic rings. The molecule has 1 aromatic carbocycles. The molecule has 7 heteroatoms. The number of anilines is 1. The van der Waals surface area contributed by atoms with Gasteiger partial charge < -0.3 is 5.32 Å². The standard InChI is InChI=1S/C16H18BrN5O/c1-8(2)18-16-19-14-12(15(23)20-16)7-22(21-14)13-9(3)5-11(17)6-10(13)4/h5-8H,1-4H3,(H2,18,19,20,21,23). The Morgan fingerprint density at radius 1 is 1.26 bits per heavy atom. The van der Waals surface area contributed by atoms with Crippen molar-refractivity contribution < 1.29 is 0 Å². The number of benzene rings is 1. The van der Waals surface area contributed by atoms with Crippen molar-refractivity contribution in [2.45, 2.75) is 33.7 Å². The topological polar surface area (TPSA) is 75.6 Å². The van der Waals surface area contributed by atoms with Crippen LogP contribution >= 0.6 is 15.9 Å². The molecule has 2 heterocycles. The van der Waals surface area contributed by atoms with Crippen molar-refractivity contribution in [3.05, 3.63) is 44.3 Å². The number of fused-ring (bicyclic) bond motifs is 1. The molecule has 0 unspecified atom stereocenters. The summed E-state index contributed by atoms with van der Waals surface area (Å²) < 4.78 is 2.75. The normalized spacial score (nSPS) is 11.4. The lowest BCUT2D eigenvalue weighted by Crippen LogP contribution is -2.17. The molecule has 2 N–H and O–H groups in total. The van der Waals surface area contributed by atoms with Crippen LogP contribution in [0.15, 0.2) is 27.6 Å². The second-order valence-electron chi connectivity index (χ2n) is 5.91. The number of hydrogen-bond donors (Lipinski definition) is 2. The summed E-state index contributed by atoms with van der Waals surface area (Å²) in [5.74, 6) is 0.437. The fraction of sp³-hybridized carbons (Fsp3) is 0.312. The van der Waals surface area contributed by atoms with Crippen LogP contribution < -0.4 is 10.9 Å². The van der Waals surface area contributed by atoms with Gasteiger partial charge in [0.2, 0.25) is 5.95 Å². The van der Waals surface area contributed by atoms with Gasteiger partial charge in [0.15, 0.2) is 5.65 Å². The van der Waals surface area contributed by atoms with Crippen molar-refractivity contribution in [1.82, 2.24) is 19.7 Å². The summed E-state index contributed by atoms with van der Waals surface area (Å²) in [6.45, 7) is 8.00. The van der Waals surface area contributed by atoms with E-state index >= 15 is 0 Å². The zero-order valence-corrected chi connectivity index (χ0v) is 15.0. The van der Waals surface area contributed by atoms with Crippen LogP contribution in [0.2, 0.25) is 0 Å². The van der Waals surface area contributed by atoms with Crippen LogP contribution in [0.25, 0.3) is 16.7 Å². The van der Waals surface area contributed by atoms with E-state index < -0.39 is 0 Å². The molecule has 3 rings (SSSR count). The Kier molecular flexibility index (Phi) is 3.97. The summed E-state index contributed by atoms with van der Waals surface area (Å²) in [5.41, 5.74) is 3.34. The maximum absolute atomic E-state index is 12.3. The van der Waals surface area contributed by atoms with E-state index in [1.807, 2.05) is 39.8 Å². The van der Waals surface area contributed by atoms with Crippen LogP contribution in [-0.2, 0) is 0 Å². The molecule has 23 heavy (non-hydrogen) atoms. The zero-order valence-electron chi connectivity index (χ0n) is 13.4. The SMILES string of the molecule is Cc1cc(Br)cc(C)c1-n1cc2c(=O)[nH]c(NC(C)C)nc2n1. The van der Waals surface area contributed by atoms with Crippen LogP contribution in [0, 0.1) is 13.8 Å². The van der Waals surface area contributed by atoms with Gasteiger partial charge in [0.1, 0.15) is 5.39 Å². The largest absolute Gasteiger partial charge is 0.354 e. The highest BCUT2D eigenvalue weighted by molar-refractivity contribution is 9.10. The highest BCUT2D eigenvalue weighted by Crippen LogP contribution is 2.24. The van der Waals surface area contributed by atoms with Crippen molar-refractivity contribution >= 4 is 32.9 Å². The molecule has 0 fully saturated rings. The molecule has 120 valence electrons. The first-order chi connectivity index (χ1) is 10.8. The van der Waals surface area contributed by atoms with Gasteiger partial charge in [-0.05, 0) is 51.0 Å². The van der Waals surface area contributed by atoms with E-state index in [0.29, 0.717) is 17.0 Å². The van der Waals surface area contributed by atoms with Gasteiger partial charge in [-0.15, -0.1) is 5.10 Å². The monoisotopic (exact) mass is 375 g/mol. The molecule has 3 aromatic rings. The molecule has 0 saturated heterocycles. The Hall–Kier alpha value is -2.15. The van der Waals surface area contributed by atoms with Crippen molar-refractivity contribution in [2.24, 2.45) is 0 Å². The minimum atomic E-state index is -0.197. The molecule has 2 aromatic heterocycles. The maximum atomic E-state index is 12.3. The third kappa shape index (κ3) is 3.01. The summed E-state index contributed by atoms with van der Waals surface area (Å²) in [4.78, 5) is 19.4. The Balaban J connectivity index is 2.18. The number of aromatic amines is 1. The predicted molar refractivity (Wildman–Crippen MR) is 95.4 cm³/mol. The van der Waals surface area contributed by atoms with E-state index in [4.69, 9.17) is 0 Å². The lowest BCUT2D eigenvalue weighted by Gasteiger charge is -2.10. The number of nitrogens with one attached hydrogen (secondary N) is 2. The lowest BCUT2D eigenvalue weighted by atomic mass is 10.1. The van der Waals surface area contributed by atoms with Crippen LogP contribution in [-0.4, -0.2) is 25.8 Å². The van der Waals surface area contributed by atoms with Gasteiger partial charge >= 0.3 is 0 Å². The van der Waals surface area contributed by atoms with E-state index in [-0.39, 0.29) is 11.6 Å². The number of aromatic nitrogens is 4. The van der Waals surface area contributed by atoms with E-state index in [9.17, 15) is 4.79 Å². The van der Waals surface area contributed by atoms with Crippen LogP contribution in [0.4, 0.5) is 5.95 Å². The summed E-state index contributed by atoms with van der Waals surface area (Å²) in [6, 6.07) is 4.23. The third-order valence-electron chi connectivity index (χ3n) is 3.50. The summed E-state index contributed by atoms with van der Waals surface area (Å²) in [7, 11) is 0. The van der Waals surface area contributed by atoms with Gasteiger partial charge in [-0.1, -0.05) is 15.9 Å². The molecule has 0 bridgehead atoms. The number of halogens is 1. The van der Waals surface area contributed by atoms with Gasteiger partial charge in [-0.3, -0.25) is 9.78 Å². The Morgan fingerprint density at radius 2 is 1.91 bits per heavy atom. The highest BCUT2D eigenvalue weighted by atomic mass is 79.9. The van der Waals surface area contributed by atoms with E-state index in [1.165, 1.54) is 0 Å². The smallest absolute Gasteiger partial charge is 0.263 e. The quantitative estimate of drug-likeness (QED) is 0.736. The fourth-order valence-corrected chi connectivity index (χ4v) is 3.32. The second kappa shape index (κ2) is 5.81. The van der Waals surface area contributed by atoms with Gasteiger partial charge in [0, 0.05) is 16.7 Å². The van der Waals surface area contributed by atoms with E-state index in [0.717, 1.165) is 21.3 Å². The number of nitrogens with zero attached hydrogens (tertiary/aromatic N) is 3. The Morgan fingerprint density at radius 3 is 2.52 bits per heavy atom. The first kappa shape index (κ1) is 15.7. The summed E-state index contributed by atoms with van der Waals surface area (Å²) in [6.07, 6.45) is 1.73. The van der Waals surface area contributed by atoms with Crippen molar-refractivity contribution in [2.75, 3.05) is 5.32 Å². The molecule has 0 saturated carbocycles. The Labute approximate surface area is 142 Å². The lowest BCUT2D eigenvalue weighted by molar-refractivity contribution is 0.862. The van der Waals surface area contributed by atoms with E-state index in [2.05, 4.69) is 36.3 Å². The fourth-order valence-electron chi connectivity index (χ4n) is 2.64. The van der Waals surface area contributed by atoms with Crippen LogP contribution in [0.5, 0.6) is 0 Å². The Bertz CT molecular complexity index is 918. The zero-order chi connectivity index (χ0) is 16.7. The average Bonchev–Trinajstić information content (AvgIpc) is 2.80. The molecule has 0 atom stereocenters. The van der Waals surface area contributed by atoms with Gasteiger partial charge in [-0.25, -0.2) is 4.68 Å². The molecular weight excluding hydrogens is 358 g/mol. The summed E-state index contributed by atoms with van der Waals surface area (Å²) in [5, 5.41) is 8.06. The average molecular weight is 376 g/mol. The first-order valence-corrected chi connectivity index (χ1v) is 8.18. The van der Waals surface area contributed by atoms with E-state index in [1.54, 1.807) is 10.9 Å². The number of hydrogen-bond acceptors (Lipinski definition) is 4. The van der Waals surface area contributed by atoms with Crippen molar-refractivity contribution in [3.63, 3.8) is 0 Å². The number of aryl methyl sites for hydroxylation is 2. The van der Waals surface area contributed by atoms with Crippen molar-refractivity contribution in [1.29, 1.82) is 0 Å². The van der Waals surface area contributed by atoms with Gasteiger partial charge in [0.25, 0.3) is 5.56 Å². The molecule has 6 nitrogen and oxygen atoms in total. The molecule has 0 aliphatic carbocycles. The van der Waals surface area contributed by atoms with Gasteiger partial charge in [0.05, 0.1) is 5.69 Å². The van der Waals surface area contributed by atoms with Gasteiger partial charge in [-0.2, -0.15) is 4.98 Å². The first-order valence-electron chi connectivity index (χ1n) is 7.38. The minimum absolute atomic E-state index is 0.175. The maximum Gasteiger partial charge on any atom is 0.263 e. The van der Waals surface area contributed by atoms with Crippen LogP contribution in [0.3, 0.4) is 0 Å². The second-order valence-corrected chi connectivity index (χ2v) is 6.83. The third-order valence-corrected chi connectivity index (χ3v) is 3.96. The number of H-pyrrole nitrogens is 1. The predicted octanol–water partition coefficient (Wildman–Crippen LogP) is 3.31. The van der Waals surface area contributed by atoms with Crippen molar-refractivity contribution in [3.8, 4) is 5.69 Å². The minimum Gasteiger partial charge on any atom is -0.354 e. The molecular formula is C16H18BrN5O. The van der Waals surface area contributed by atoms with Crippen LogP contribution in [0.1, 0.15) is 25.0 Å². The molecule has 0 radical (unpaired) electrons. The molecule has 0 spiro atoms. The number of rotatable bonds is 3.